The number of amides is 1. The molecular weight excluding hydrogens is 272 g/mol. The van der Waals surface area contributed by atoms with Gasteiger partial charge < -0.3 is 19.5 Å². The predicted octanol–water partition coefficient (Wildman–Crippen LogP) is 0.0641. The van der Waals surface area contributed by atoms with E-state index in [0.717, 1.165) is 0 Å². The zero-order valence-corrected chi connectivity index (χ0v) is 12.3. The van der Waals surface area contributed by atoms with Crippen LogP contribution in [0.5, 0.6) is 6.01 Å². The van der Waals surface area contributed by atoms with Crippen LogP contribution in [0.1, 0.15) is 5.82 Å². The van der Waals surface area contributed by atoms with E-state index in [1.165, 1.54) is 7.11 Å². The number of carbonyl (C=O) groups excluding carboxylic acids is 1. The first-order chi connectivity index (χ1) is 10.1. The van der Waals surface area contributed by atoms with Crippen molar-refractivity contribution in [1.82, 2.24) is 24.8 Å². The van der Waals surface area contributed by atoms with Gasteiger partial charge in [0, 0.05) is 26.5 Å². The summed E-state index contributed by atoms with van der Waals surface area (Å²) in [4.78, 5) is 26.0. The number of anilines is 1. The second-order valence-electron chi connectivity index (χ2n) is 4.56. The Kier molecular flexibility index (Phi) is 4.70. The molecule has 0 aliphatic heterocycles. The minimum absolute atomic E-state index is 0.114. The molecule has 1 amide bonds. The molecule has 2 rings (SSSR count). The summed E-state index contributed by atoms with van der Waals surface area (Å²) >= 11 is 0. The van der Waals surface area contributed by atoms with Gasteiger partial charge in [-0.25, -0.2) is 0 Å². The fraction of sp³-hybridized carbons (Fsp3) is 0.385. The van der Waals surface area contributed by atoms with Crippen molar-refractivity contribution in [3.8, 4) is 6.01 Å². The molecule has 0 saturated heterocycles. The van der Waals surface area contributed by atoms with Gasteiger partial charge >= 0.3 is 6.01 Å². The van der Waals surface area contributed by atoms with Crippen molar-refractivity contribution in [3.63, 3.8) is 0 Å². The molecule has 1 N–H and O–H groups in total. The van der Waals surface area contributed by atoms with Crippen LogP contribution in [0.25, 0.3) is 0 Å². The van der Waals surface area contributed by atoms with Crippen LogP contribution in [0.4, 0.5) is 5.95 Å². The summed E-state index contributed by atoms with van der Waals surface area (Å²) in [5.74, 6) is 0.819. The minimum atomic E-state index is -0.114. The first-order valence-corrected chi connectivity index (χ1v) is 6.42. The van der Waals surface area contributed by atoms with Crippen molar-refractivity contribution in [2.45, 2.75) is 13.1 Å². The van der Waals surface area contributed by atoms with Crippen molar-refractivity contribution in [1.29, 1.82) is 0 Å². The molecule has 21 heavy (non-hydrogen) atoms. The minimum Gasteiger partial charge on any atom is -0.467 e. The van der Waals surface area contributed by atoms with Crippen LogP contribution >= 0.6 is 0 Å². The topological polar surface area (TPSA) is 85.2 Å². The zero-order valence-electron chi connectivity index (χ0n) is 12.3. The highest BCUT2D eigenvalue weighted by Crippen LogP contribution is 2.09. The lowest BCUT2D eigenvalue weighted by Crippen LogP contribution is -2.28. The number of hydrogen-bond donors (Lipinski definition) is 1. The normalized spacial score (nSPS) is 10.2. The van der Waals surface area contributed by atoms with Crippen molar-refractivity contribution >= 4 is 11.9 Å². The van der Waals surface area contributed by atoms with E-state index in [1.54, 1.807) is 9.47 Å². The molecule has 0 aliphatic carbocycles. The van der Waals surface area contributed by atoms with Crippen molar-refractivity contribution in [2.24, 2.45) is 0 Å². The van der Waals surface area contributed by atoms with Crippen molar-refractivity contribution in [2.75, 3.05) is 26.1 Å². The van der Waals surface area contributed by atoms with Gasteiger partial charge in [0.25, 0.3) is 0 Å². The van der Waals surface area contributed by atoms with E-state index in [-0.39, 0.29) is 25.0 Å². The van der Waals surface area contributed by atoms with Crippen LogP contribution in [0.3, 0.4) is 0 Å². The SMILES string of the molecule is COc1nc(CNC(=O)Cn2cccc2)nc(N(C)C)n1. The van der Waals surface area contributed by atoms with Gasteiger partial charge in [-0.2, -0.15) is 15.0 Å². The summed E-state index contributed by atoms with van der Waals surface area (Å²) in [7, 11) is 5.13. The monoisotopic (exact) mass is 290 g/mol. The van der Waals surface area contributed by atoms with Crippen molar-refractivity contribution in [3.05, 3.63) is 30.4 Å². The van der Waals surface area contributed by atoms with E-state index in [2.05, 4.69) is 20.3 Å². The smallest absolute Gasteiger partial charge is 0.321 e. The molecule has 8 nitrogen and oxygen atoms in total. The van der Waals surface area contributed by atoms with Gasteiger partial charge in [0.1, 0.15) is 6.54 Å². The molecule has 0 radical (unpaired) electrons. The maximum atomic E-state index is 11.8. The number of aromatic nitrogens is 4. The summed E-state index contributed by atoms with van der Waals surface area (Å²) in [5, 5.41) is 2.77. The quantitative estimate of drug-likeness (QED) is 0.810. The Balaban J connectivity index is 1.98. The largest absolute Gasteiger partial charge is 0.467 e. The molecule has 2 heterocycles. The summed E-state index contributed by atoms with van der Waals surface area (Å²) in [5.41, 5.74) is 0. The Morgan fingerprint density at radius 3 is 2.62 bits per heavy atom. The number of carbonyl (C=O) groups is 1. The molecule has 2 aromatic heterocycles. The number of methoxy groups -OCH3 is 1. The lowest BCUT2D eigenvalue weighted by atomic mass is 10.5. The lowest BCUT2D eigenvalue weighted by Gasteiger charge is -2.12. The van der Waals surface area contributed by atoms with E-state index < -0.39 is 0 Å². The number of ether oxygens (including phenoxy) is 1. The molecule has 112 valence electrons. The van der Waals surface area contributed by atoms with Crippen molar-refractivity contribution < 1.29 is 9.53 Å². The summed E-state index contributed by atoms with van der Waals surface area (Å²) in [6, 6.07) is 3.96. The molecule has 8 heteroatoms. The molecule has 2 aromatic rings. The number of hydrogen-bond acceptors (Lipinski definition) is 6. The van der Waals surface area contributed by atoms with Crippen LogP contribution in [0, 0.1) is 0 Å². The Labute approximate surface area is 122 Å². The highest BCUT2D eigenvalue weighted by molar-refractivity contribution is 5.75. The zero-order chi connectivity index (χ0) is 15.2. The third-order valence-corrected chi connectivity index (χ3v) is 2.67. The Morgan fingerprint density at radius 1 is 1.29 bits per heavy atom. The van der Waals surface area contributed by atoms with E-state index in [4.69, 9.17) is 4.74 Å². The van der Waals surface area contributed by atoms with E-state index in [9.17, 15) is 4.79 Å². The fourth-order valence-corrected chi connectivity index (χ4v) is 1.63. The molecule has 0 atom stereocenters. The molecule has 0 fully saturated rings. The first-order valence-electron chi connectivity index (χ1n) is 6.42. The average molecular weight is 290 g/mol. The number of rotatable bonds is 6. The molecular formula is C13H18N6O2. The van der Waals surface area contributed by atoms with Gasteiger partial charge in [-0.1, -0.05) is 0 Å². The maximum absolute atomic E-state index is 11.8. The second kappa shape index (κ2) is 6.69. The summed E-state index contributed by atoms with van der Waals surface area (Å²) < 4.78 is 6.82. The van der Waals surface area contributed by atoms with Crippen LogP contribution in [-0.2, 0) is 17.9 Å². The number of nitrogens with one attached hydrogen (secondary N) is 1. The average Bonchev–Trinajstić information content (AvgIpc) is 2.97. The van der Waals surface area contributed by atoms with Gasteiger partial charge in [-0.3, -0.25) is 4.79 Å². The third kappa shape index (κ3) is 4.16. The third-order valence-electron chi connectivity index (χ3n) is 2.67. The van der Waals surface area contributed by atoms with Crippen LogP contribution in [-0.4, -0.2) is 46.6 Å². The fourth-order valence-electron chi connectivity index (χ4n) is 1.63. The van der Waals surface area contributed by atoms with Crippen LogP contribution in [0.2, 0.25) is 0 Å². The van der Waals surface area contributed by atoms with Gasteiger partial charge in [-0.15, -0.1) is 0 Å². The highest BCUT2D eigenvalue weighted by atomic mass is 16.5. The lowest BCUT2D eigenvalue weighted by molar-refractivity contribution is -0.121. The van der Waals surface area contributed by atoms with E-state index in [0.29, 0.717) is 11.8 Å². The van der Waals surface area contributed by atoms with Crippen LogP contribution < -0.4 is 15.0 Å². The molecule has 0 saturated carbocycles. The summed E-state index contributed by atoms with van der Waals surface area (Å²) in [6.45, 7) is 0.482. The van der Waals surface area contributed by atoms with Gasteiger partial charge in [0.05, 0.1) is 13.7 Å². The van der Waals surface area contributed by atoms with Gasteiger partial charge in [-0.05, 0) is 12.1 Å². The predicted molar refractivity (Wildman–Crippen MR) is 77.0 cm³/mol. The van der Waals surface area contributed by atoms with E-state index >= 15 is 0 Å². The second-order valence-corrected chi connectivity index (χ2v) is 4.56. The molecule has 0 bridgehead atoms. The highest BCUT2D eigenvalue weighted by Gasteiger charge is 2.09. The molecule has 0 unspecified atom stereocenters. The first kappa shape index (κ1) is 14.8. The summed E-state index contributed by atoms with van der Waals surface area (Å²) in [6.07, 6.45) is 3.66. The Morgan fingerprint density at radius 2 is 2.00 bits per heavy atom. The van der Waals surface area contributed by atoms with Gasteiger partial charge in [0.2, 0.25) is 11.9 Å². The Bertz CT molecular complexity index is 597. The molecule has 0 aromatic carbocycles. The van der Waals surface area contributed by atoms with Gasteiger partial charge in [0.15, 0.2) is 5.82 Å². The maximum Gasteiger partial charge on any atom is 0.321 e. The molecule has 0 aliphatic rings. The van der Waals surface area contributed by atoms with Crippen LogP contribution in [0.15, 0.2) is 24.5 Å². The standard InChI is InChI=1S/C13H18N6O2/c1-18(2)12-15-10(16-13(17-12)21-3)8-14-11(20)9-19-6-4-5-7-19/h4-7H,8-9H2,1-3H3,(H,14,20). The number of nitrogens with zero attached hydrogens (tertiary/aromatic N) is 5. The van der Waals surface area contributed by atoms with E-state index in [1.807, 2.05) is 38.6 Å². The Hall–Kier alpha value is -2.64. The molecule has 0 spiro atoms.